The lowest BCUT2D eigenvalue weighted by Gasteiger charge is -2.27. The van der Waals surface area contributed by atoms with Gasteiger partial charge >= 0.3 is 0 Å². The van der Waals surface area contributed by atoms with Crippen molar-refractivity contribution < 1.29 is 17.9 Å². The molecule has 2 aliphatic heterocycles. The van der Waals surface area contributed by atoms with Gasteiger partial charge in [0.15, 0.2) is 0 Å². The molecule has 0 spiro atoms. The van der Waals surface area contributed by atoms with Crippen LogP contribution in [0.4, 0.5) is 0 Å². The van der Waals surface area contributed by atoms with E-state index in [-0.39, 0.29) is 10.8 Å². The van der Waals surface area contributed by atoms with Crippen LogP contribution in [0.1, 0.15) is 29.6 Å². The van der Waals surface area contributed by atoms with Gasteiger partial charge in [0.1, 0.15) is 0 Å². The zero-order valence-electron chi connectivity index (χ0n) is 13.1. The van der Waals surface area contributed by atoms with E-state index in [0.29, 0.717) is 31.9 Å². The number of ether oxygens (including phenoxy) is 1. The summed E-state index contributed by atoms with van der Waals surface area (Å²) in [5.74, 6) is -0.0139. The number of sulfonamides is 1. The van der Waals surface area contributed by atoms with Gasteiger partial charge in [-0.25, -0.2) is 8.42 Å². The first kappa shape index (κ1) is 16.4. The molecule has 6 nitrogen and oxygen atoms in total. The Kier molecular flexibility index (Phi) is 4.99. The summed E-state index contributed by atoms with van der Waals surface area (Å²) in [5.41, 5.74) is 0.549. The molecule has 1 amide bonds. The molecule has 0 unspecified atom stereocenters. The third-order valence-electron chi connectivity index (χ3n) is 4.35. The van der Waals surface area contributed by atoms with E-state index in [1.54, 1.807) is 12.1 Å². The van der Waals surface area contributed by atoms with Gasteiger partial charge < -0.3 is 9.64 Å². The second kappa shape index (κ2) is 6.98. The van der Waals surface area contributed by atoms with Crippen molar-refractivity contribution in [2.45, 2.75) is 24.2 Å². The predicted octanol–water partition coefficient (Wildman–Crippen LogP) is 1.33. The molecule has 0 saturated carbocycles. The van der Waals surface area contributed by atoms with E-state index in [0.717, 1.165) is 25.9 Å². The van der Waals surface area contributed by atoms with E-state index in [1.165, 1.54) is 22.9 Å². The fourth-order valence-corrected chi connectivity index (χ4v) is 4.39. The number of piperidine rings is 1. The lowest BCUT2D eigenvalue weighted by atomic mass is 10.1. The van der Waals surface area contributed by atoms with Gasteiger partial charge in [0.05, 0.1) is 18.1 Å². The quantitative estimate of drug-likeness (QED) is 0.834. The summed E-state index contributed by atoms with van der Waals surface area (Å²) in [6, 6.07) is 6.29. The molecule has 1 aromatic rings. The van der Waals surface area contributed by atoms with Crippen molar-refractivity contribution in [3.05, 3.63) is 29.8 Å². The van der Waals surface area contributed by atoms with Crippen LogP contribution in [0.5, 0.6) is 0 Å². The van der Waals surface area contributed by atoms with Gasteiger partial charge in [0.2, 0.25) is 10.0 Å². The topological polar surface area (TPSA) is 66.9 Å². The molecule has 2 heterocycles. The molecule has 126 valence electrons. The summed E-state index contributed by atoms with van der Waals surface area (Å²) in [6.45, 7) is 3.16. The highest BCUT2D eigenvalue weighted by molar-refractivity contribution is 7.89. The van der Waals surface area contributed by atoms with Crippen LogP contribution in [0.3, 0.4) is 0 Å². The number of carbonyl (C=O) groups excluding carboxylic acids is 1. The van der Waals surface area contributed by atoms with Crippen molar-refractivity contribution >= 4 is 15.9 Å². The van der Waals surface area contributed by atoms with E-state index in [4.69, 9.17) is 4.74 Å². The highest BCUT2D eigenvalue weighted by atomic mass is 32.2. The number of likely N-dealkylation sites (tertiary alicyclic amines) is 1. The maximum absolute atomic E-state index is 12.5. The number of amides is 1. The number of nitrogens with zero attached hydrogens (tertiary/aromatic N) is 2. The Bertz CT molecular complexity index is 645. The fraction of sp³-hybridized carbons (Fsp3) is 0.562. The number of morpholine rings is 1. The summed E-state index contributed by atoms with van der Waals surface area (Å²) in [7, 11) is -3.50. The Morgan fingerprint density at radius 2 is 1.52 bits per heavy atom. The summed E-state index contributed by atoms with van der Waals surface area (Å²) < 4.78 is 31.7. The zero-order chi connectivity index (χ0) is 16.3. The first-order valence-electron chi connectivity index (χ1n) is 8.06. The van der Waals surface area contributed by atoms with Crippen molar-refractivity contribution in [3.8, 4) is 0 Å². The smallest absolute Gasteiger partial charge is 0.253 e. The predicted molar refractivity (Wildman–Crippen MR) is 85.8 cm³/mol. The van der Waals surface area contributed by atoms with Crippen LogP contribution in [-0.4, -0.2) is 62.9 Å². The lowest BCUT2D eigenvalue weighted by Crippen LogP contribution is -2.40. The molecule has 2 aliphatic rings. The molecular formula is C16H22N2O4S. The summed E-state index contributed by atoms with van der Waals surface area (Å²) >= 11 is 0. The average Bonchev–Trinajstić information content (AvgIpc) is 2.63. The largest absolute Gasteiger partial charge is 0.379 e. The van der Waals surface area contributed by atoms with Crippen molar-refractivity contribution in [1.82, 2.24) is 9.21 Å². The van der Waals surface area contributed by atoms with Crippen LogP contribution in [-0.2, 0) is 14.8 Å². The molecule has 1 aromatic carbocycles. The van der Waals surface area contributed by atoms with Gasteiger partial charge in [0, 0.05) is 31.7 Å². The maximum atomic E-state index is 12.5. The standard InChI is InChI=1S/C16H22N2O4S/c19-16(17-8-2-1-3-9-17)14-4-6-15(7-5-14)23(20,21)18-10-12-22-13-11-18/h4-7H,1-3,8-13H2. The van der Waals surface area contributed by atoms with Crippen LogP contribution in [0.2, 0.25) is 0 Å². The summed E-state index contributed by atoms with van der Waals surface area (Å²) in [4.78, 5) is 14.5. The van der Waals surface area contributed by atoms with Crippen LogP contribution in [0.15, 0.2) is 29.2 Å². The van der Waals surface area contributed by atoms with Crippen LogP contribution >= 0.6 is 0 Å². The minimum atomic E-state index is -3.50. The van der Waals surface area contributed by atoms with E-state index < -0.39 is 10.0 Å². The molecule has 0 aromatic heterocycles. The Labute approximate surface area is 137 Å². The van der Waals surface area contributed by atoms with Crippen LogP contribution in [0, 0.1) is 0 Å². The minimum Gasteiger partial charge on any atom is -0.379 e. The normalized spacial score (nSPS) is 20.4. The van der Waals surface area contributed by atoms with Crippen LogP contribution < -0.4 is 0 Å². The molecule has 23 heavy (non-hydrogen) atoms. The first-order valence-corrected chi connectivity index (χ1v) is 9.50. The zero-order valence-corrected chi connectivity index (χ0v) is 13.9. The van der Waals surface area contributed by atoms with Gasteiger partial charge in [0.25, 0.3) is 5.91 Å². The van der Waals surface area contributed by atoms with Gasteiger partial charge in [-0.1, -0.05) is 0 Å². The van der Waals surface area contributed by atoms with Crippen molar-refractivity contribution in [2.24, 2.45) is 0 Å². The monoisotopic (exact) mass is 338 g/mol. The summed E-state index contributed by atoms with van der Waals surface area (Å²) in [5, 5.41) is 0. The third kappa shape index (κ3) is 3.57. The van der Waals surface area contributed by atoms with Crippen LogP contribution in [0.25, 0.3) is 0 Å². The minimum absolute atomic E-state index is 0.0139. The van der Waals surface area contributed by atoms with Gasteiger partial charge in [-0.15, -0.1) is 0 Å². The maximum Gasteiger partial charge on any atom is 0.253 e. The lowest BCUT2D eigenvalue weighted by molar-refractivity contribution is 0.0724. The van der Waals surface area contributed by atoms with E-state index >= 15 is 0 Å². The molecule has 0 aliphatic carbocycles. The number of rotatable bonds is 3. The number of hydrogen-bond acceptors (Lipinski definition) is 4. The molecule has 0 bridgehead atoms. The van der Waals surface area contributed by atoms with E-state index in [9.17, 15) is 13.2 Å². The molecule has 0 radical (unpaired) electrons. The Balaban J connectivity index is 1.74. The SMILES string of the molecule is O=C(c1ccc(S(=O)(=O)N2CCOCC2)cc1)N1CCCCC1. The van der Waals surface area contributed by atoms with Crippen molar-refractivity contribution in [1.29, 1.82) is 0 Å². The van der Waals surface area contributed by atoms with Gasteiger partial charge in [-0.05, 0) is 43.5 Å². The highest BCUT2D eigenvalue weighted by Crippen LogP contribution is 2.19. The number of benzene rings is 1. The summed E-state index contributed by atoms with van der Waals surface area (Å²) in [6.07, 6.45) is 3.24. The fourth-order valence-electron chi connectivity index (χ4n) is 2.99. The molecule has 7 heteroatoms. The average molecular weight is 338 g/mol. The Morgan fingerprint density at radius 3 is 2.13 bits per heavy atom. The molecule has 2 saturated heterocycles. The highest BCUT2D eigenvalue weighted by Gasteiger charge is 2.26. The second-order valence-corrected chi connectivity index (χ2v) is 7.83. The van der Waals surface area contributed by atoms with E-state index in [1.807, 2.05) is 4.90 Å². The molecular weight excluding hydrogens is 316 g/mol. The number of hydrogen-bond donors (Lipinski definition) is 0. The van der Waals surface area contributed by atoms with Gasteiger partial charge in [-0.2, -0.15) is 4.31 Å². The number of carbonyl (C=O) groups is 1. The molecule has 0 atom stereocenters. The second-order valence-electron chi connectivity index (χ2n) is 5.89. The van der Waals surface area contributed by atoms with E-state index in [2.05, 4.69) is 0 Å². The molecule has 3 rings (SSSR count). The molecule has 0 N–H and O–H groups in total. The Hall–Kier alpha value is -1.44. The van der Waals surface area contributed by atoms with Crippen molar-refractivity contribution in [2.75, 3.05) is 39.4 Å². The third-order valence-corrected chi connectivity index (χ3v) is 6.27. The molecule has 2 fully saturated rings. The Morgan fingerprint density at radius 1 is 0.913 bits per heavy atom. The van der Waals surface area contributed by atoms with Crippen molar-refractivity contribution in [3.63, 3.8) is 0 Å². The first-order chi connectivity index (χ1) is 11.1. The van der Waals surface area contributed by atoms with Gasteiger partial charge in [-0.3, -0.25) is 4.79 Å².